The molecule has 0 saturated heterocycles. The van der Waals surface area contributed by atoms with Crippen LogP contribution in [0, 0.1) is 6.92 Å². The van der Waals surface area contributed by atoms with Gasteiger partial charge in [-0.3, -0.25) is 4.79 Å². The second-order valence-electron chi connectivity index (χ2n) is 3.22. The van der Waals surface area contributed by atoms with Crippen molar-refractivity contribution >= 4 is 34.3 Å². The van der Waals surface area contributed by atoms with Gasteiger partial charge in [-0.1, -0.05) is 36.4 Å². The second kappa shape index (κ2) is 6.03. The van der Waals surface area contributed by atoms with Crippen molar-refractivity contribution in [2.45, 2.75) is 20.3 Å². The molecule has 4 heteroatoms. The number of aryl methyl sites for hydroxylation is 1. The van der Waals surface area contributed by atoms with Crippen molar-refractivity contribution in [2.75, 3.05) is 11.1 Å². The van der Waals surface area contributed by atoms with Gasteiger partial charge in [0.05, 0.1) is 0 Å². The zero-order chi connectivity index (χ0) is 11.3. The average molecular weight is 244 g/mol. The number of nitrogens with one attached hydrogen (secondary N) is 1. The minimum absolute atomic E-state index is 0.0308. The zero-order valence-corrected chi connectivity index (χ0v) is 10.4. The van der Waals surface area contributed by atoms with Gasteiger partial charge in [0.1, 0.15) is 0 Å². The van der Waals surface area contributed by atoms with E-state index in [2.05, 4.69) is 5.32 Å². The molecule has 1 aromatic rings. The Balaban J connectivity index is 2.57. The molecule has 0 atom stereocenters. The van der Waals surface area contributed by atoms with Crippen LogP contribution in [0.3, 0.4) is 0 Å². The van der Waals surface area contributed by atoms with E-state index in [0.29, 0.717) is 5.02 Å². The van der Waals surface area contributed by atoms with Crippen LogP contribution in [0.25, 0.3) is 0 Å². The van der Waals surface area contributed by atoms with Crippen LogP contribution in [0.5, 0.6) is 0 Å². The predicted octanol–water partition coefficient (Wildman–Crippen LogP) is 4.32. The van der Waals surface area contributed by atoms with Gasteiger partial charge in [-0.05, 0) is 31.0 Å². The van der Waals surface area contributed by atoms with Gasteiger partial charge in [0.15, 0.2) is 0 Å². The summed E-state index contributed by atoms with van der Waals surface area (Å²) in [6.07, 6.45) is 0.993. The summed E-state index contributed by atoms with van der Waals surface area (Å²) in [6.45, 7) is 3.97. The highest BCUT2D eigenvalue weighted by Gasteiger charge is 2.03. The molecule has 0 heterocycles. The minimum atomic E-state index is -0.0308. The van der Waals surface area contributed by atoms with Crippen LogP contribution in [-0.4, -0.2) is 11.0 Å². The number of benzene rings is 1. The van der Waals surface area contributed by atoms with E-state index >= 15 is 0 Å². The van der Waals surface area contributed by atoms with Crippen molar-refractivity contribution in [1.82, 2.24) is 0 Å². The zero-order valence-electron chi connectivity index (χ0n) is 8.84. The lowest BCUT2D eigenvalue weighted by molar-refractivity contribution is 0.270. The van der Waals surface area contributed by atoms with E-state index in [1.54, 1.807) is 6.07 Å². The van der Waals surface area contributed by atoms with Crippen LogP contribution >= 0.6 is 23.4 Å². The Kier molecular flexibility index (Phi) is 4.99. The highest BCUT2D eigenvalue weighted by molar-refractivity contribution is 8.13. The maximum absolute atomic E-state index is 11.4. The fourth-order valence-electron chi connectivity index (χ4n) is 1.02. The van der Waals surface area contributed by atoms with Gasteiger partial charge >= 0.3 is 0 Å². The molecule has 82 valence electrons. The first-order valence-electron chi connectivity index (χ1n) is 4.83. The van der Waals surface area contributed by atoms with E-state index in [-0.39, 0.29) is 5.24 Å². The number of carbonyl (C=O) groups is 1. The summed E-state index contributed by atoms with van der Waals surface area (Å²) in [4.78, 5) is 11.4. The van der Waals surface area contributed by atoms with E-state index < -0.39 is 0 Å². The summed E-state index contributed by atoms with van der Waals surface area (Å²) in [5.74, 6) is 0.839. The van der Waals surface area contributed by atoms with Gasteiger partial charge < -0.3 is 5.32 Å². The van der Waals surface area contributed by atoms with Crippen molar-refractivity contribution in [3.05, 3.63) is 28.8 Å². The Labute approximate surface area is 99.4 Å². The Morgan fingerprint density at radius 1 is 1.53 bits per heavy atom. The summed E-state index contributed by atoms with van der Waals surface area (Å²) in [6, 6.07) is 5.51. The number of thioether (sulfide) groups is 1. The van der Waals surface area contributed by atoms with Crippen molar-refractivity contribution < 1.29 is 4.79 Å². The molecule has 0 bridgehead atoms. The maximum Gasteiger partial charge on any atom is 0.283 e. The van der Waals surface area contributed by atoms with Crippen LogP contribution in [0.15, 0.2) is 18.2 Å². The normalized spacial score (nSPS) is 10.1. The summed E-state index contributed by atoms with van der Waals surface area (Å²) in [5, 5.41) is 3.43. The van der Waals surface area contributed by atoms with Crippen LogP contribution in [-0.2, 0) is 0 Å². The highest BCUT2D eigenvalue weighted by Crippen LogP contribution is 2.21. The van der Waals surface area contributed by atoms with E-state index in [9.17, 15) is 4.79 Å². The maximum atomic E-state index is 11.4. The Hall–Kier alpha value is -0.670. The summed E-state index contributed by atoms with van der Waals surface area (Å²) < 4.78 is 0. The molecule has 1 aromatic carbocycles. The molecule has 0 radical (unpaired) electrons. The van der Waals surface area contributed by atoms with Gasteiger partial charge in [-0.15, -0.1) is 0 Å². The monoisotopic (exact) mass is 243 g/mol. The van der Waals surface area contributed by atoms with Gasteiger partial charge in [0.2, 0.25) is 0 Å². The lowest BCUT2D eigenvalue weighted by atomic mass is 10.2. The Bertz CT molecular complexity index is 354. The molecule has 2 nitrogen and oxygen atoms in total. The van der Waals surface area contributed by atoms with E-state index in [1.807, 2.05) is 26.0 Å². The molecule has 0 saturated carbocycles. The molecule has 0 aliphatic heterocycles. The molecule has 0 aromatic heterocycles. The fraction of sp³-hybridized carbons (Fsp3) is 0.364. The smallest absolute Gasteiger partial charge is 0.283 e. The van der Waals surface area contributed by atoms with E-state index in [0.717, 1.165) is 23.4 Å². The Morgan fingerprint density at radius 2 is 2.27 bits per heavy atom. The quantitative estimate of drug-likeness (QED) is 0.857. The topological polar surface area (TPSA) is 29.1 Å². The van der Waals surface area contributed by atoms with Gasteiger partial charge in [-0.25, -0.2) is 0 Å². The fourth-order valence-corrected chi connectivity index (χ4v) is 1.78. The third-order valence-electron chi connectivity index (χ3n) is 1.86. The molecule has 0 aliphatic carbocycles. The standard InChI is InChI=1S/C11H14ClNOS/c1-3-6-15-11(14)13-9-5-4-8(2)10(12)7-9/h4-5,7H,3,6H2,1-2H3,(H,13,14). The molecule has 1 N–H and O–H groups in total. The summed E-state index contributed by atoms with van der Waals surface area (Å²) >= 11 is 7.23. The number of anilines is 1. The van der Waals surface area contributed by atoms with Crippen molar-refractivity contribution in [1.29, 1.82) is 0 Å². The number of carbonyl (C=O) groups excluding carboxylic acids is 1. The molecule has 0 aliphatic rings. The number of hydrogen-bond acceptors (Lipinski definition) is 2. The average Bonchev–Trinajstić information content (AvgIpc) is 2.20. The molecule has 0 fully saturated rings. The second-order valence-corrected chi connectivity index (χ2v) is 4.70. The van der Waals surface area contributed by atoms with Crippen LogP contribution in [0.1, 0.15) is 18.9 Å². The number of rotatable bonds is 3. The van der Waals surface area contributed by atoms with Crippen LogP contribution < -0.4 is 5.32 Å². The summed E-state index contributed by atoms with van der Waals surface area (Å²) in [5.41, 5.74) is 1.76. The van der Waals surface area contributed by atoms with Crippen LogP contribution in [0.2, 0.25) is 5.02 Å². The lowest BCUT2D eigenvalue weighted by Gasteiger charge is -2.05. The van der Waals surface area contributed by atoms with Gasteiger partial charge in [0.25, 0.3) is 5.24 Å². The molecular weight excluding hydrogens is 230 g/mol. The highest BCUT2D eigenvalue weighted by atomic mass is 35.5. The SMILES string of the molecule is CCCSC(=O)Nc1ccc(C)c(Cl)c1. The Morgan fingerprint density at radius 3 is 2.87 bits per heavy atom. The van der Waals surface area contributed by atoms with E-state index in [4.69, 9.17) is 11.6 Å². The minimum Gasteiger partial charge on any atom is -0.317 e. The van der Waals surface area contributed by atoms with Crippen molar-refractivity contribution in [3.63, 3.8) is 0 Å². The first-order chi connectivity index (χ1) is 7.13. The molecule has 1 amide bonds. The third kappa shape index (κ3) is 4.14. The third-order valence-corrected chi connectivity index (χ3v) is 3.24. The first-order valence-corrected chi connectivity index (χ1v) is 6.19. The summed E-state index contributed by atoms with van der Waals surface area (Å²) in [7, 11) is 0. The number of amides is 1. The van der Waals surface area contributed by atoms with Crippen molar-refractivity contribution in [3.8, 4) is 0 Å². The molecule has 0 unspecified atom stereocenters. The van der Waals surface area contributed by atoms with Gasteiger partial charge in [0, 0.05) is 16.5 Å². The molecule has 0 spiro atoms. The number of hydrogen-bond donors (Lipinski definition) is 1. The predicted molar refractivity (Wildman–Crippen MR) is 68.0 cm³/mol. The molecule has 15 heavy (non-hydrogen) atoms. The molecular formula is C11H14ClNOS. The number of halogens is 1. The molecule has 1 rings (SSSR count). The van der Waals surface area contributed by atoms with Crippen molar-refractivity contribution in [2.24, 2.45) is 0 Å². The van der Waals surface area contributed by atoms with Crippen LogP contribution in [0.4, 0.5) is 10.5 Å². The largest absolute Gasteiger partial charge is 0.317 e. The lowest BCUT2D eigenvalue weighted by Crippen LogP contribution is -2.05. The first kappa shape index (κ1) is 12.4. The van der Waals surface area contributed by atoms with E-state index in [1.165, 1.54) is 11.8 Å². The van der Waals surface area contributed by atoms with Gasteiger partial charge in [-0.2, -0.15) is 0 Å².